The molecule has 0 radical (unpaired) electrons. The molecule has 11 heavy (non-hydrogen) atoms. The lowest BCUT2D eigenvalue weighted by Crippen LogP contribution is -2.35. The van der Waals surface area contributed by atoms with E-state index in [0.717, 1.165) is 11.8 Å². The van der Waals surface area contributed by atoms with Crippen LogP contribution in [0.25, 0.3) is 0 Å². The number of hydrogen-bond donors (Lipinski definition) is 1. The molecule has 2 unspecified atom stereocenters. The molecule has 1 nitrogen and oxygen atoms in total. The van der Waals surface area contributed by atoms with E-state index in [1.165, 1.54) is 12.0 Å². The van der Waals surface area contributed by atoms with E-state index in [1.807, 2.05) is 0 Å². The predicted molar refractivity (Wildman–Crippen MR) is 47.1 cm³/mol. The summed E-state index contributed by atoms with van der Waals surface area (Å²) in [4.78, 5) is 0. The van der Waals surface area contributed by atoms with Gasteiger partial charge >= 0.3 is 0 Å². The number of rotatable bonds is 1. The highest BCUT2D eigenvalue weighted by atomic mass is 14.7. The van der Waals surface area contributed by atoms with Gasteiger partial charge in [-0.2, -0.15) is 0 Å². The smallest absolute Gasteiger partial charge is 0.0317 e. The number of fused-ring (bicyclic) bond motifs is 1. The molecule has 2 rings (SSSR count). The van der Waals surface area contributed by atoms with Crippen molar-refractivity contribution >= 4 is 0 Å². The van der Waals surface area contributed by atoms with Crippen molar-refractivity contribution in [2.45, 2.75) is 25.8 Å². The standard InChI is InChI=1S/C10H15N/c1-10(2,11)9-5-3-4-7-6-8(7)9/h3-5,7-8H,6,11H2,1-2H3. The average molecular weight is 149 g/mol. The van der Waals surface area contributed by atoms with E-state index >= 15 is 0 Å². The molecule has 60 valence electrons. The van der Waals surface area contributed by atoms with Gasteiger partial charge in [0.05, 0.1) is 0 Å². The summed E-state index contributed by atoms with van der Waals surface area (Å²) in [6.07, 6.45) is 7.95. The monoisotopic (exact) mass is 149 g/mol. The van der Waals surface area contributed by atoms with E-state index < -0.39 is 0 Å². The van der Waals surface area contributed by atoms with Gasteiger partial charge < -0.3 is 5.73 Å². The molecule has 1 heteroatoms. The fraction of sp³-hybridized carbons (Fsp3) is 0.600. The first-order valence-corrected chi connectivity index (χ1v) is 4.27. The highest BCUT2D eigenvalue weighted by Gasteiger charge is 2.42. The molecule has 0 amide bonds. The summed E-state index contributed by atoms with van der Waals surface area (Å²) in [6.45, 7) is 4.18. The summed E-state index contributed by atoms with van der Waals surface area (Å²) in [6, 6.07) is 0. The maximum Gasteiger partial charge on any atom is 0.0317 e. The SMILES string of the molecule is CC(C)(N)C1=CC=CC2CC12. The van der Waals surface area contributed by atoms with Crippen molar-refractivity contribution < 1.29 is 0 Å². The molecule has 2 aliphatic carbocycles. The highest BCUT2D eigenvalue weighted by Crippen LogP contribution is 2.49. The Morgan fingerprint density at radius 1 is 1.55 bits per heavy atom. The lowest BCUT2D eigenvalue weighted by molar-refractivity contribution is 0.567. The van der Waals surface area contributed by atoms with Crippen LogP contribution in [-0.2, 0) is 0 Å². The molecule has 2 atom stereocenters. The Morgan fingerprint density at radius 3 is 2.82 bits per heavy atom. The third-order valence-electron chi connectivity index (χ3n) is 2.62. The topological polar surface area (TPSA) is 26.0 Å². The zero-order chi connectivity index (χ0) is 8.06. The summed E-state index contributed by atoms with van der Waals surface area (Å²) in [7, 11) is 0. The molecule has 1 saturated carbocycles. The van der Waals surface area contributed by atoms with Crippen molar-refractivity contribution in [1.82, 2.24) is 0 Å². The molecule has 0 aromatic heterocycles. The zero-order valence-electron chi connectivity index (χ0n) is 7.17. The first kappa shape index (κ1) is 7.11. The summed E-state index contributed by atoms with van der Waals surface area (Å²) < 4.78 is 0. The van der Waals surface area contributed by atoms with Gasteiger partial charge in [0.15, 0.2) is 0 Å². The number of nitrogens with two attached hydrogens (primary N) is 1. The maximum absolute atomic E-state index is 6.03. The molecule has 2 aliphatic rings. The van der Waals surface area contributed by atoms with Gasteiger partial charge in [0.1, 0.15) is 0 Å². The minimum absolute atomic E-state index is 0.107. The highest BCUT2D eigenvalue weighted by molar-refractivity contribution is 5.35. The lowest BCUT2D eigenvalue weighted by atomic mass is 9.88. The van der Waals surface area contributed by atoms with Gasteiger partial charge in [0.2, 0.25) is 0 Å². The summed E-state index contributed by atoms with van der Waals surface area (Å²) >= 11 is 0. The second-order valence-electron chi connectivity index (χ2n) is 4.23. The van der Waals surface area contributed by atoms with Crippen LogP contribution in [-0.4, -0.2) is 5.54 Å². The number of hydrogen-bond acceptors (Lipinski definition) is 1. The van der Waals surface area contributed by atoms with Crippen LogP contribution in [0.3, 0.4) is 0 Å². The molecule has 1 fully saturated rings. The van der Waals surface area contributed by atoms with Crippen molar-refractivity contribution in [3.63, 3.8) is 0 Å². The van der Waals surface area contributed by atoms with Crippen LogP contribution in [0.15, 0.2) is 23.8 Å². The third-order valence-corrected chi connectivity index (χ3v) is 2.62. The van der Waals surface area contributed by atoms with Crippen molar-refractivity contribution in [2.24, 2.45) is 17.6 Å². The average Bonchev–Trinajstić information content (AvgIpc) is 2.60. The molecular formula is C10H15N. The molecule has 0 bridgehead atoms. The van der Waals surface area contributed by atoms with Crippen LogP contribution >= 0.6 is 0 Å². The Labute approximate surface area is 68.0 Å². The Hall–Kier alpha value is -0.560. The molecule has 0 spiro atoms. The summed E-state index contributed by atoms with van der Waals surface area (Å²) in [5.74, 6) is 1.60. The van der Waals surface area contributed by atoms with E-state index in [0.29, 0.717) is 0 Å². The van der Waals surface area contributed by atoms with Crippen LogP contribution in [0.5, 0.6) is 0 Å². The Kier molecular flexibility index (Phi) is 1.28. The van der Waals surface area contributed by atoms with Gasteiger partial charge in [-0.15, -0.1) is 0 Å². The quantitative estimate of drug-likeness (QED) is 0.605. The van der Waals surface area contributed by atoms with E-state index in [9.17, 15) is 0 Å². The van der Waals surface area contributed by atoms with E-state index in [1.54, 1.807) is 0 Å². The van der Waals surface area contributed by atoms with Crippen molar-refractivity contribution in [1.29, 1.82) is 0 Å². The molecular weight excluding hydrogens is 134 g/mol. The zero-order valence-corrected chi connectivity index (χ0v) is 7.17. The summed E-state index contributed by atoms with van der Waals surface area (Å²) in [5.41, 5.74) is 7.35. The van der Waals surface area contributed by atoms with E-state index in [-0.39, 0.29) is 5.54 Å². The van der Waals surface area contributed by atoms with Crippen LogP contribution in [0, 0.1) is 11.8 Å². The first-order valence-electron chi connectivity index (χ1n) is 4.27. The van der Waals surface area contributed by atoms with Gasteiger partial charge in [-0.1, -0.05) is 18.2 Å². The van der Waals surface area contributed by atoms with Crippen molar-refractivity contribution in [3.8, 4) is 0 Å². The fourth-order valence-electron chi connectivity index (χ4n) is 1.90. The van der Waals surface area contributed by atoms with Crippen LogP contribution in [0.4, 0.5) is 0 Å². The van der Waals surface area contributed by atoms with E-state index in [4.69, 9.17) is 5.73 Å². The molecule has 0 aromatic carbocycles. The molecule has 0 saturated heterocycles. The minimum Gasteiger partial charge on any atom is -0.322 e. The second-order valence-corrected chi connectivity index (χ2v) is 4.23. The van der Waals surface area contributed by atoms with E-state index in [2.05, 4.69) is 32.1 Å². The minimum atomic E-state index is -0.107. The van der Waals surface area contributed by atoms with Crippen LogP contribution < -0.4 is 5.73 Å². The third kappa shape index (κ3) is 1.14. The van der Waals surface area contributed by atoms with Crippen LogP contribution in [0.2, 0.25) is 0 Å². The molecule has 0 aliphatic heterocycles. The van der Waals surface area contributed by atoms with Crippen LogP contribution in [0.1, 0.15) is 20.3 Å². The lowest BCUT2D eigenvalue weighted by Gasteiger charge is -2.24. The van der Waals surface area contributed by atoms with Gasteiger partial charge in [0, 0.05) is 5.54 Å². The van der Waals surface area contributed by atoms with Crippen molar-refractivity contribution in [3.05, 3.63) is 23.8 Å². The van der Waals surface area contributed by atoms with Gasteiger partial charge in [0.25, 0.3) is 0 Å². The van der Waals surface area contributed by atoms with Gasteiger partial charge in [-0.05, 0) is 37.7 Å². The largest absolute Gasteiger partial charge is 0.322 e. The first-order chi connectivity index (χ1) is 5.09. The number of allylic oxidation sites excluding steroid dienone is 3. The second kappa shape index (κ2) is 1.98. The maximum atomic E-state index is 6.03. The Morgan fingerprint density at radius 2 is 2.27 bits per heavy atom. The fourth-order valence-corrected chi connectivity index (χ4v) is 1.90. The normalized spacial score (nSPS) is 34.6. The summed E-state index contributed by atoms with van der Waals surface area (Å²) in [5, 5.41) is 0. The Balaban J connectivity index is 2.26. The molecule has 0 heterocycles. The van der Waals surface area contributed by atoms with Gasteiger partial charge in [-0.25, -0.2) is 0 Å². The molecule has 2 N–H and O–H groups in total. The van der Waals surface area contributed by atoms with Gasteiger partial charge in [-0.3, -0.25) is 0 Å². The Bertz CT molecular complexity index is 230. The molecule has 0 aromatic rings. The van der Waals surface area contributed by atoms with Crippen molar-refractivity contribution in [2.75, 3.05) is 0 Å². The predicted octanol–water partition coefficient (Wildman–Crippen LogP) is 1.86.